The highest BCUT2D eigenvalue weighted by atomic mass is 16.5. The Morgan fingerprint density at radius 1 is 1.25 bits per heavy atom. The number of nitrogens with zero attached hydrogens (tertiary/aromatic N) is 2. The first kappa shape index (κ1) is 11.2. The number of likely N-dealkylation sites (tertiary alicyclic amines) is 1. The van der Waals surface area contributed by atoms with E-state index in [0.29, 0.717) is 32.8 Å². The fourth-order valence-electron chi connectivity index (χ4n) is 2.06. The molecule has 2 rings (SSSR count). The van der Waals surface area contributed by atoms with Crippen LogP contribution in [0, 0.1) is 6.42 Å². The number of ether oxygens (including phenoxy) is 1. The quantitative estimate of drug-likeness (QED) is 0.636. The zero-order chi connectivity index (χ0) is 11.5. The van der Waals surface area contributed by atoms with E-state index in [0.717, 1.165) is 6.42 Å². The van der Waals surface area contributed by atoms with Gasteiger partial charge in [-0.25, -0.2) is 4.79 Å². The summed E-state index contributed by atoms with van der Waals surface area (Å²) in [6, 6.07) is -0.656. The molecule has 2 N–H and O–H groups in total. The van der Waals surface area contributed by atoms with E-state index in [4.69, 9.17) is 10.5 Å². The number of hydrogen-bond donors (Lipinski definition) is 1. The molecule has 0 unspecified atom stereocenters. The number of carbonyl (C=O) groups excluding carboxylic acids is 2. The summed E-state index contributed by atoms with van der Waals surface area (Å²) in [5.74, 6) is -0.459. The van der Waals surface area contributed by atoms with E-state index < -0.39 is 11.9 Å². The van der Waals surface area contributed by atoms with Gasteiger partial charge in [0.05, 0.1) is 13.2 Å². The number of hydrogen-bond acceptors (Lipinski definition) is 3. The van der Waals surface area contributed by atoms with Crippen LogP contribution in [0.25, 0.3) is 0 Å². The highest BCUT2D eigenvalue weighted by Crippen LogP contribution is 2.18. The van der Waals surface area contributed by atoms with Crippen molar-refractivity contribution in [1.29, 1.82) is 0 Å². The van der Waals surface area contributed by atoms with Crippen molar-refractivity contribution in [2.45, 2.75) is 12.5 Å². The lowest BCUT2D eigenvalue weighted by Crippen LogP contribution is -2.52. The second kappa shape index (κ2) is 4.69. The molecule has 0 aromatic heterocycles. The minimum absolute atomic E-state index is 0.110. The summed E-state index contributed by atoms with van der Waals surface area (Å²) in [6.45, 7) is 2.86. The Balaban J connectivity index is 1.99. The number of rotatable bonds is 1. The summed E-state index contributed by atoms with van der Waals surface area (Å²) in [6.07, 6.45) is 2.52. The molecular formula is C10H16N3O3. The standard InChI is InChI=1S/C10H16N3O3/c11-9(14)8-2-1-3-13(8)10(15)12-4-6-16-7-5-12/h2,8H,1,3-7H2,(H2,11,14)/t8-/m0/s1. The lowest BCUT2D eigenvalue weighted by molar-refractivity contribution is -0.120. The Morgan fingerprint density at radius 3 is 2.56 bits per heavy atom. The first-order valence-electron chi connectivity index (χ1n) is 5.46. The van der Waals surface area contributed by atoms with Gasteiger partial charge in [-0.2, -0.15) is 0 Å². The molecule has 16 heavy (non-hydrogen) atoms. The van der Waals surface area contributed by atoms with Crippen LogP contribution in [0.1, 0.15) is 6.42 Å². The molecular weight excluding hydrogens is 210 g/mol. The maximum absolute atomic E-state index is 12.1. The third-order valence-corrected chi connectivity index (χ3v) is 2.91. The van der Waals surface area contributed by atoms with Crippen molar-refractivity contribution in [2.75, 3.05) is 32.8 Å². The van der Waals surface area contributed by atoms with E-state index in [1.807, 2.05) is 0 Å². The minimum Gasteiger partial charge on any atom is -0.378 e. The molecule has 0 bridgehead atoms. The van der Waals surface area contributed by atoms with Gasteiger partial charge >= 0.3 is 6.03 Å². The number of carbonyl (C=O) groups is 2. The topological polar surface area (TPSA) is 75.9 Å². The summed E-state index contributed by atoms with van der Waals surface area (Å²) in [5, 5.41) is 0. The highest BCUT2D eigenvalue weighted by molar-refractivity contribution is 5.88. The largest absolute Gasteiger partial charge is 0.378 e. The van der Waals surface area contributed by atoms with Gasteiger partial charge in [-0.1, -0.05) is 0 Å². The maximum atomic E-state index is 12.1. The Bertz CT molecular complexity index is 289. The Morgan fingerprint density at radius 2 is 1.94 bits per heavy atom. The van der Waals surface area contributed by atoms with Crippen LogP contribution in [0.3, 0.4) is 0 Å². The molecule has 2 saturated heterocycles. The van der Waals surface area contributed by atoms with Crippen LogP contribution in [0.5, 0.6) is 0 Å². The molecule has 89 valence electrons. The van der Waals surface area contributed by atoms with Gasteiger partial charge in [-0.05, 0) is 12.8 Å². The first-order valence-corrected chi connectivity index (χ1v) is 5.46. The lowest BCUT2D eigenvalue weighted by atomic mass is 10.2. The molecule has 2 aliphatic heterocycles. The fraction of sp³-hybridized carbons (Fsp3) is 0.700. The van der Waals surface area contributed by atoms with E-state index in [1.165, 1.54) is 4.90 Å². The van der Waals surface area contributed by atoms with Gasteiger partial charge in [0.2, 0.25) is 5.91 Å². The summed E-state index contributed by atoms with van der Waals surface area (Å²) < 4.78 is 5.17. The molecule has 0 aromatic rings. The van der Waals surface area contributed by atoms with Crippen LogP contribution < -0.4 is 5.73 Å². The predicted octanol–water partition coefficient (Wildman–Crippen LogP) is -0.798. The van der Waals surface area contributed by atoms with Crippen LogP contribution in [0.15, 0.2) is 0 Å². The minimum atomic E-state index is -0.546. The summed E-state index contributed by atoms with van der Waals surface area (Å²) >= 11 is 0. The fourth-order valence-corrected chi connectivity index (χ4v) is 2.06. The van der Waals surface area contributed by atoms with E-state index in [2.05, 4.69) is 0 Å². The van der Waals surface area contributed by atoms with Gasteiger partial charge in [-0.3, -0.25) is 4.79 Å². The molecule has 2 heterocycles. The normalized spacial score (nSPS) is 25.9. The van der Waals surface area contributed by atoms with Crippen molar-refractivity contribution in [3.63, 3.8) is 0 Å². The molecule has 2 fully saturated rings. The number of primary amides is 1. The number of morpholine rings is 1. The van der Waals surface area contributed by atoms with Crippen molar-refractivity contribution in [3.8, 4) is 0 Å². The van der Waals surface area contributed by atoms with Gasteiger partial charge in [0.15, 0.2) is 0 Å². The molecule has 2 aliphatic rings. The average Bonchev–Trinajstić information content (AvgIpc) is 2.78. The van der Waals surface area contributed by atoms with Gasteiger partial charge in [0.1, 0.15) is 6.04 Å². The van der Waals surface area contributed by atoms with Gasteiger partial charge in [0.25, 0.3) is 0 Å². The van der Waals surface area contributed by atoms with Crippen molar-refractivity contribution >= 4 is 11.9 Å². The van der Waals surface area contributed by atoms with E-state index in [9.17, 15) is 9.59 Å². The molecule has 6 nitrogen and oxygen atoms in total. The molecule has 1 atom stereocenters. The zero-order valence-corrected chi connectivity index (χ0v) is 9.09. The molecule has 6 heteroatoms. The Labute approximate surface area is 94.3 Å². The average molecular weight is 226 g/mol. The van der Waals surface area contributed by atoms with E-state index in [-0.39, 0.29) is 6.03 Å². The third kappa shape index (κ3) is 2.11. The van der Waals surface area contributed by atoms with Crippen LogP contribution in [-0.4, -0.2) is 60.6 Å². The maximum Gasteiger partial charge on any atom is 0.320 e. The zero-order valence-electron chi connectivity index (χ0n) is 9.09. The number of nitrogens with two attached hydrogens (primary N) is 1. The Kier molecular flexibility index (Phi) is 3.28. The SMILES string of the molecule is NC(=O)[C@@H]1[CH]CCN1C(=O)N1CCOCC1. The second-order valence-electron chi connectivity index (χ2n) is 3.95. The van der Waals surface area contributed by atoms with E-state index in [1.54, 1.807) is 11.3 Å². The monoisotopic (exact) mass is 226 g/mol. The van der Waals surface area contributed by atoms with E-state index >= 15 is 0 Å². The lowest BCUT2D eigenvalue weighted by Gasteiger charge is -2.32. The third-order valence-electron chi connectivity index (χ3n) is 2.91. The molecule has 0 aromatic carbocycles. The van der Waals surface area contributed by atoms with Crippen LogP contribution in [-0.2, 0) is 9.53 Å². The summed E-state index contributed by atoms with van der Waals surface area (Å²) in [4.78, 5) is 26.5. The van der Waals surface area contributed by atoms with Gasteiger partial charge < -0.3 is 20.3 Å². The molecule has 0 saturated carbocycles. The predicted molar refractivity (Wildman–Crippen MR) is 56.4 cm³/mol. The summed E-state index contributed by atoms with van der Waals surface area (Å²) in [7, 11) is 0. The Hall–Kier alpha value is -1.30. The highest BCUT2D eigenvalue weighted by Gasteiger charge is 2.35. The van der Waals surface area contributed by atoms with Crippen LogP contribution in [0.4, 0.5) is 4.79 Å². The van der Waals surface area contributed by atoms with Gasteiger partial charge in [0, 0.05) is 19.6 Å². The smallest absolute Gasteiger partial charge is 0.320 e. The van der Waals surface area contributed by atoms with Gasteiger partial charge in [-0.15, -0.1) is 0 Å². The van der Waals surface area contributed by atoms with Crippen LogP contribution in [0.2, 0.25) is 0 Å². The van der Waals surface area contributed by atoms with Crippen LogP contribution >= 0.6 is 0 Å². The van der Waals surface area contributed by atoms with Crippen molar-refractivity contribution in [2.24, 2.45) is 5.73 Å². The molecule has 3 amide bonds. The number of urea groups is 1. The summed E-state index contributed by atoms with van der Waals surface area (Å²) in [5.41, 5.74) is 5.25. The first-order chi connectivity index (χ1) is 7.70. The second-order valence-corrected chi connectivity index (χ2v) is 3.95. The number of amides is 3. The molecule has 1 radical (unpaired) electrons. The molecule has 0 aliphatic carbocycles. The van der Waals surface area contributed by atoms with Crippen molar-refractivity contribution in [1.82, 2.24) is 9.80 Å². The van der Waals surface area contributed by atoms with Crippen molar-refractivity contribution in [3.05, 3.63) is 6.42 Å². The van der Waals surface area contributed by atoms with Crippen molar-refractivity contribution < 1.29 is 14.3 Å². The molecule has 0 spiro atoms.